The van der Waals surface area contributed by atoms with Gasteiger partial charge >= 0.3 is 0 Å². The Morgan fingerprint density at radius 1 is 1.09 bits per heavy atom. The summed E-state index contributed by atoms with van der Waals surface area (Å²) in [4.78, 5) is 17.5. The highest BCUT2D eigenvalue weighted by molar-refractivity contribution is 5.91. The van der Waals surface area contributed by atoms with E-state index < -0.39 is 0 Å². The minimum Gasteiger partial charge on any atom is -0.496 e. The van der Waals surface area contributed by atoms with Gasteiger partial charge in [0.25, 0.3) is 5.91 Å². The molecule has 1 aromatic heterocycles. The zero-order valence-electron chi connectivity index (χ0n) is 21.9. The lowest BCUT2D eigenvalue weighted by molar-refractivity contribution is 0.0692. The number of amides is 1. The lowest BCUT2D eigenvalue weighted by Crippen LogP contribution is -2.53. The van der Waals surface area contributed by atoms with E-state index in [2.05, 4.69) is 75.9 Å². The first-order valence-electron chi connectivity index (χ1n) is 12.6. The lowest BCUT2D eigenvalue weighted by Gasteiger charge is -2.41. The maximum absolute atomic E-state index is 13.2. The number of hydrogen-bond acceptors (Lipinski definition) is 4. The first kappa shape index (κ1) is 24.9. The Labute approximate surface area is 209 Å². The number of piperazine rings is 1. The molecule has 3 aromatic rings. The van der Waals surface area contributed by atoms with E-state index in [1.807, 2.05) is 17.0 Å². The molecule has 0 spiro atoms. The van der Waals surface area contributed by atoms with Crippen LogP contribution in [0.25, 0.3) is 0 Å². The van der Waals surface area contributed by atoms with Gasteiger partial charge in [-0.25, -0.2) is 0 Å². The number of aryl methyl sites for hydroxylation is 1. The number of hydrogen-bond donors (Lipinski definition) is 0. The zero-order valence-corrected chi connectivity index (χ0v) is 21.9. The smallest absolute Gasteiger partial charge is 0.289 e. The molecule has 0 aliphatic carbocycles. The molecule has 186 valence electrons. The Bertz CT molecular complexity index is 1160. The van der Waals surface area contributed by atoms with E-state index in [0.717, 1.165) is 30.0 Å². The van der Waals surface area contributed by atoms with Gasteiger partial charge in [0.2, 0.25) is 0 Å². The number of rotatable bonds is 7. The van der Waals surface area contributed by atoms with Gasteiger partial charge in [-0.2, -0.15) is 0 Å². The minimum atomic E-state index is -0.0421. The molecule has 1 aliphatic rings. The Morgan fingerprint density at radius 3 is 2.49 bits per heavy atom. The predicted octanol–water partition coefficient (Wildman–Crippen LogP) is 6.23. The van der Waals surface area contributed by atoms with E-state index in [1.165, 1.54) is 16.8 Å². The summed E-state index contributed by atoms with van der Waals surface area (Å²) in [5.74, 6) is 1.97. The van der Waals surface area contributed by atoms with Gasteiger partial charge in [-0.05, 0) is 61.6 Å². The molecule has 0 bridgehead atoms. The maximum Gasteiger partial charge on any atom is 0.289 e. The Hall–Kier alpha value is -3.21. The van der Waals surface area contributed by atoms with E-state index in [4.69, 9.17) is 9.15 Å². The van der Waals surface area contributed by atoms with Crippen LogP contribution in [-0.2, 0) is 11.8 Å². The molecule has 0 N–H and O–H groups in total. The number of benzene rings is 2. The number of nitrogens with zero attached hydrogens (tertiary/aromatic N) is 2. The molecule has 1 unspecified atom stereocenters. The van der Waals surface area contributed by atoms with Crippen molar-refractivity contribution >= 4 is 11.6 Å². The van der Waals surface area contributed by atoms with Crippen LogP contribution in [0.5, 0.6) is 5.75 Å². The molecule has 5 heteroatoms. The minimum absolute atomic E-state index is 0.0421. The second kappa shape index (κ2) is 10.2. The van der Waals surface area contributed by atoms with Gasteiger partial charge in [0.05, 0.1) is 7.11 Å². The Kier molecular flexibility index (Phi) is 7.25. The second-order valence-electron chi connectivity index (χ2n) is 10.3. The van der Waals surface area contributed by atoms with E-state index in [1.54, 1.807) is 13.2 Å². The van der Waals surface area contributed by atoms with Crippen LogP contribution in [-0.4, -0.2) is 43.6 Å². The van der Waals surface area contributed by atoms with Gasteiger partial charge < -0.3 is 19.0 Å². The molecule has 1 atom stereocenters. The van der Waals surface area contributed by atoms with Gasteiger partial charge in [0, 0.05) is 43.3 Å². The van der Waals surface area contributed by atoms with Crippen LogP contribution in [0.2, 0.25) is 0 Å². The van der Waals surface area contributed by atoms with Crippen LogP contribution in [0.1, 0.15) is 67.1 Å². The van der Waals surface area contributed by atoms with E-state index >= 15 is 0 Å². The molecule has 1 fully saturated rings. The summed E-state index contributed by atoms with van der Waals surface area (Å²) in [5.41, 5.74) is 4.89. The predicted molar refractivity (Wildman–Crippen MR) is 142 cm³/mol. The molecule has 35 heavy (non-hydrogen) atoms. The number of carbonyl (C=O) groups excluding carboxylic acids is 1. The molecule has 5 nitrogen and oxygen atoms in total. The number of anilines is 1. The fraction of sp³-hybridized carbons (Fsp3) is 0.433. The third-order valence-corrected chi connectivity index (χ3v) is 7.46. The summed E-state index contributed by atoms with van der Waals surface area (Å²) in [5, 5.41) is 0. The third-order valence-electron chi connectivity index (χ3n) is 7.46. The van der Waals surface area contributed by atoms with Crippen LogP contribution >= 0.6 is 0 Å². The number of ether oxygens (including phenoxy) is 1. The summed E-state index contributed by atoms with van der Waals surface area (Å²) in [6.45, 7) is 13.1. The van der Waals surface area contributed by atoms with Crippen molar-refractivity contribution in [2.24, 2.45) is 0 Å². The quantitative estimate of drug-likeness (QED) is 0.407. The largest absolute Gasteiger partial charge is 0.496 e. The summed E-state index contributed by atoms with van der Waals surface area (Å²) in [6.07, 6.45) is 1.63. The average Bonchev–Trinajstić information content (AvgIpc) is 3.32. The highest BCUT2D eigenvalue weighted by atomic mass is 16.5. The van der Waals surface area contributed by atoms with Gasteiger partial charge in [-0.1, -0.05) is 50.6 Å². The van der Waals surface area contributed by atoms with Crippen molar-refractivity contribution in [2.75, 3.05) is 31.6 Å². The standard InChI is InChI=1S/C30H38N2O3/c1-7-30(4,5)24-10-14-27(34-6)23(18-24)19-26-13-15-28(35-26)29(33)31-16-17-32(22(3)20-31)25-11-8-21(2)9-12-25/h8-15,18,22H,7,16-17,19-20H2,1-6H3. The molecule has 1 saturated heterocycles. The third kappa shape index (κ3) is 5.39. The highest BCUT2D eigenvalue weighted by Crippen LogP contribution is 2.32. The zero-order chi connectivity index (χ0) is 25.2. The van der Waals surface area contributed by atoms with Crippen molar-refractivity contribution in [3.05, 3.63) is 82.8 Å². The van der Waals surface area contributed by atoms with Crippen molar-refractivity contribution in [1.29, 1.82) is 0 Å². The van der Waals surface area contributed by atoms with Crippen molar-refractivity contribution in [3.63, 3.8) is 0 Å². The summed E-state index contributed by atoms with van der Waals surface area (Å²) in [6, 6.07) is 18.9. The molecule has 0 saturated carbocycles. The van der Waals surface area contributed by atoms with E-state index in [-0.39, 0.29) is 17.4 Å². The Morgan fingerprint density at radius 2 is 1.83 bits per heavy atom. The van der Waals surface area contributed by atoms with E-state index in [0.29, 0.717) is 25.3 Å². The number of methoxy groups -OCH3 is 1. The molecular formula is C30H38N2O3. The van der Waals surface area contributed by atoms with Gasteiger partial charge in [-0.15, -0.1) is 0 Å². The first-order chi connectivity index (χ1) is 16.7. The molecule has 1 aliphatic heterocycles. The second-order valence-corrected chi connectivity index (χ2v) is 10.3. The summed E-state index contributed by atoms with van der Waals surface area (Å²) >= 11 is 0. The molecular weight excluding hydrogens is 436 g/mol. The molecule has 2 aromatic carbocycles. The highest BCUT2D eigenvalue weighted by Gasteiger charge is 2.29. The first-order valence-corrected chi connectivity index (χ1v) is 12.6. The summed E-state index contributed by atoms with van der Waals surface area (Å²) < 4.78 is 11.7. The molecule has 0 radical (unpaired) electrons. The van der Waals surface area contributed by atoms with E-state index in [9.17, 15) is 4.79 Å². The van der Waals surface area contributed by atoms with Crippen molar-refractivity contribution in [3.8, 4) is 5.75 Å². The lowest BCUT2D eigenvalue weighted by atomic mass is 9.81. The molecule has 1 amide bonds. The molecule has 2 heterocycles. The molecule has 4 rings (SSSR count). The number of carbonyl (C=O) groups is 1. The Balaban J connectivity index is 1.45. The normalized spacial score (nSPS) is 16.5. The van der Waals surface area contributed by atoms with Gasteiger partial charge in [-0.3, -0.25) is 4.79 Å². The van der Waals surface area contributed by atoms with Crippen LogP contribution < -0.4 is 9.64 Å². The fourth-order valence-corrected chi connectivity index (χ4v) is 4.74. The van der Waals surface area contributed by atoms with Crippen molar-refractivity contribution in [1.82, 2.24) is 4.90 Å². The summed E-state index contributed by atoms with van der Waals surface area (Å²) in [7, 11) is 1.69. The van der Waals surface area contributed by atoms with Gasteiger partial charge in [0.15, 0.2) is 5.76 Å². The average molecular weight is 475 g/mol. The monoisotopic (exact) mass is 474 g/mol. The van der Waals surface area contributed by atoms with Crippen LogP contribution in [0.15, 0.2) is 59.0 Å². The van der Waals surface area contributed by atoms with Crippen molar-refractivity contribution < 1.29 is 13.9 Å². The SMILES string of the molecule is CCC(C)(C)c1ccc(OC)c(Cc2ccc(C(=O)N3CCN(c4ccc(C)cc4)C(C)C3)o2)c1. The fourth-order valence-electron chi connectivity index (χ4n) is 4.74. The maximum atomic E-state index is 13.2. The number of furan rings is 1. The van der Waals surface area contributed by atoms with Gasteiger partial charge in [0.1, 0.15) is 11.5 Å². The van der Waals surface area contributed by atoms with Crippen LogP contribution in [0, 0.1) is 6.92 Å². The van der Waals surface area contributed by atoms with Crippen LogP contribution in [0.4, 0.5) is 5.69 Å². The van der Waals surface area contributed by atoms with Crippen molar-refractivity contribution in [2.45, 2.75) is 58.9 Å². The topological polar surface area (TPSA) is 45.9 Å². The van der Waals surface area contributed by atoms with Crippen LogP contribution in [0.3, 0.4) is 0 Å².